The highest BCUT2D eigenvalue weighted by Crippen LogP contribution is 2.31. The van der Waals surface area contributed by atoms with Crippen molar-refractivity contribution in [1.29, 1.82) is 0 Å². The second kappa shape index (κ2) is 7.01. The van der Waals surface area contributed by atoms with E-state index in [1.807, 2.05) is 0 Å². The van der Waals surface area contributed by atoms with E-state index in [0.717, 1.165) is 4.68 Å². The number of nitrogens with zero attached hydrogens (tertiary/aromatic N) is 7. The number of aromatic nitrogens is 7. The lowest BCUT2D eigenvalue weighted by molar-refractivity contribution is 0.0941. The number of anilines is 1. The van der Waals surface area contributed by atoms with Crippen molar-refractivity contribution in [3.63, 3.8) is 0 Å². The van der Waals surface area contributed by atoms with Crippen molar-refractivity contribution in [3.05, 3.63) is 77.0 Å². The lowest BCUT2D eigenvalue weighted by Gasteiger charge is -2.07. The van der Waals surface area contributed by atoms with Crippen molar-refractivity contribution in [2.75, 3.05) is 5.73 Å². The number of aryl methyl sites for hydroxylation is 2. The molecule has 10 nitrogen and oxygen atoms in total. The Morgan fingerprint density at radius 1 is 1.00 bits per heavy atom. The number of rotatable bonds is 3. The number of carbonyl (C=O) groups is 1. The molecule has 0 fully saturated rings. The first-order valence-electron chi connectivity index (χ1n) is 9.57. The average molecular weight is 432 g/mol. The Kier molecular flexibility index (Phi) is 4.26. The van der Waals surface area contributed by atoms with Crippen molar-refractivity contribution in [1.82, 2.24) is 33.9 Å². The number of nitrogen functional groups attached to an aromatic ring is 1. The van der Waals surface area contributed by atoms with Gasteiger partial charge in [0.2, 0.25) is 0 Å². The molecule has 0 aliphatic heterocycles. The van der Waals surface area contributed by atoms with Crippen LogP contribution in [-0.4, -0.2) is 39.8 Å². The Morgan fingerprint density at radius 2 is 1.75 bits per heavy atom. The molecule has 0 unspecified atom stereocenters. The minimum absolute atomic E-state index is 0.0662. The maximum atomic E-state index is 15.7. The largest absolute Gasteiger partial charge is 0.382 e. The van der Waals surface area contributed by atoms with Crippen LogP contribution in [0.3, 0.4) is 0 Å². The average Bonchev–Trinajstić information content (AvgIpc) is 3.47. The summed E-state index contributed by atoms with van der Waals surface area (Å²) in [5, 5.41) is 12.1. The Balaban J connectivity index is 1.61. The van der Waals surface area contributed by atoms with E-state index >= 15 is 4.39 Å². The van der Waals surface area contributed by atoms with Crippen LogP contribution in [0.1, 0.15) is 10.5 Å². The van der Waals surface area contributed by atoms with Gasteiger partial charge in [-0.1, -0.05) is 12.1 Å². The summed E-state index contributed by atoms with van der Waals surface area (Å²) in [5.41, 5.74) is 7.18. The monoisotopic (exact) mass is 432 g/mol. The molecule has 3 heterocycles. The molecule has 5 rings (SSSR count). The van der Waals surface area contributed by atoms with E-state index in [-0.39, 0.29) is 22.6 Å². The highest BCUT2D eigenvalue weighted by Gasteiger charge is 2.23. The van der Waals surface area contributed by atoms with Gasteiger partial charge in [-0.2, -0.15) is 10.2 Å². The summed E-state index contributed by atoms with van der Waals surface area (Å²) in [6.45, 7) is 0. The lowest BCUT2D eigenvalue weighted by atomic mass is 10.0. The molecule has 160 valence electrons. The highest BCUT2D eigenvalue weighted by molar-refractivity contribution is 6.06. The zero-order valence-corrected chi connectivity index (χ0v) is 17.1. The number of carbonyl (C=O) groups excluding carboxylic acids is 1. The third-order valence-electron chi connectivity index (χ3n) is 5.26. The van der Waals surface area contributed by atoms with Crippen LogP contribution in [0.15, 0.2) is 59.8 Å². The predicted molar refractivity (Wildman–Crippen MR) is 115 cm³/mol. The molecule has 2 aromatic carbocycles. The van der Waals surface area contributed by atoms with Gasteiger partial charge in [0.05, 0.1) is 16.6 Å². The lowest BCUT2D eigenvalue weighted by Crippen LogP contribution is -2.21. The number of hydrogen-bond acceptors (Lipinski definition) is 6. The normalized spacial score (nSPS) is 11.3. The molecule has 5 aromatic rings. The van der Waals surface area contributed by atoms with Crippen LogP contribution < -0.4 is 11.4 Å². The van der Waals surface area contributed by atoms with E-state index in [0.29, 0.717) is 22.3 Å². The standard InChI is InChI=1S/C21H17FN8O2/c1-27-15-8-7-14(12-3-5-13(6-4-12)29-11-24-28(2)21(29)32)18(22)17(15)19(26-27)20(31)30-10-9-16(23)25-30/h3-11H,1-2H3,(H2,23,25). The van der Waals surface area contributed by atoms with Crippen molar-refractivity contribution in [3.8, 4) is 16.8 Å². The predicted octanol–water partition coefficient (Wildman–Crippen LogP) is 1.73. The van der Waals surface area contributed by atoms with E-state index in [2.05, 4.69) is 15.3 Å². The molecule has 0 aliphatic rings. The molecular formula is C21H17FN8O2. The Bertz CT molecular complexity index is 1560. The summed E-state index contributed by atoms with van der Waals surface area (Å²) >= 11 is 0. The van der Waals surface area contributed by atoms with Crippen LogP contribution in [0.2, 0.25) is 0 Å². The van der Waals surface area contributed by atoms with Crippen molar-refractivity contribution < 1.29 is 9.18 Å². The van der Waals surface area contributed by atoms with Crippen LogP contribution in [-0.2, 0) is 14.1 Å². The van der Waals surface area contributed by atoms with Gasteiger partial charge in [0.15, 0.2) is 5.69 Å². The van der Waals surface area contributed by atoms with E-state index < -0.39 is 11.7 Å². The molecule has 0 radical (unpaired) electrons. The number of fused-ring (bicyclic) bond motifs is 1. The Hall–Kier alpha value is -4.54. The maximum Gasteiger partial charge on any atom is 0.350 e. The Morgan fingerprint density at radius 3 is 2.38 bits per heavy atom. The SMILES string of the molecule is Cn1ncn(-c2ccc(-c3ccc4c(c(C(=O)n5ccc(N)n5)nn4C)c3F)cc2)c1=O. The van der Waals surface area contributed by atoms with Gasteiger partial charge in [-0.05, 0) is 29.8 Å². The van der Waals surface area contributed by atoms with Crippen molar-refractivity contribution in [2.45, 2.75) is 0 Å². The molecule has 11 heteroatoms. The zero-order valence-electron chi connectivity index (χ0n) is 17.1. The zero-order chi connectivity index (χ0) is 22.6. The molecule has 0 amide bonds. The summed E-state index contributed by atoms with van der Waals surface area (Å²) in [5.74, 6) is -0.993. The van der Waals surface area contributed by atoms with E-state index in [1.54, 1.807) is 50.5 Å². The first kappa shape index (κ1) is 19.4. The van der Waals surface area contributed by atoms with Crippen LogP contribution in [0.4, 0.5) is 10.2 Å². The van der Waals surface area contributed by atoms with E-state index in [1.165, 1.54) is 32.5 Å². The minimum atomic E-state index is -0.588. The van der Waals surface area contributed by atoms with Gasteiger partial charge in [-0.25, -0.2) is 23.1 Å². The third kappa shape index (κ3) is 2.90. The number of nitrogens with two attached hydrogens (primary N) is 1. The van der Waals surface area contributed by atoms with Crippen molar-refractivity contribution >= 4 is 22.6 Å². The summed E-state index contributed by atoms with van der Waals surface area (Å²) in [4.78, 5) is 25.0. The fourth-order valence-electron chi connectivity index (χ4n) is 3.61. The van der Waals surface area contributed by atoms with Crippen LogP contribution >= 0.6 is 0 Å². The topological polar surface area (TPSA) is 119 Å². The van der Waals surface area contributed by atoms with Crippen LogP contribution in [0, 0.1) is 5.82 Å². The van der Waals surface area contributed by atoms with Crippen LogP contribution in [0.25, 0.3) is 27.7 Å². The molecule has 0 saturated carbocycles. The van der Waals surface area contributed by atoms with E-state index in [4.69, 9.17) is 5.73 Å². The summed E-state index contributed by atoms with van der Waals surface area (Å²) in [6, 6.07) is 11.6. The smallest absolute Gasteiger partial charge is 0.350 e. The van der Waals surface area contributed by atoms with Gasteiger partial charge in [0.1, 0.15) is 18.0 Å². The van der Waals surface area contributed by atoms with Gasteiger partial charge < -0.3 is 5.73 Å². The molecule has 0 bridgehead atoms. The Labute approximate surface area is 179 Å². The molecule has 2 N–H and O–H groups in total. The number of hydrogen-bond donors (Lipinski definition) is 1. The number of halogens is 1. The summed E-state index contributed by atoms with van der Waals surface area (Å²) < 4.78 is 20.8. The first-order chi connectivity index (χ1) is 15.3. The van der Waals surface area contributed by atoms with E-state index in [9.17, 15) is 9.59 Å². The van der Waals surface area contributed by atoms with Gasteiger partial charge in [0, 0.05) is 31.9 Å². The third-order valence-corrected chi connectivity index (χ3v) is 5.26. The molecular weight excluding hydrogens is 415 g/mol. The van der Waals surface area contributed by atoms with Gasteiger partial charge in [-0.3, -0.25) is 9.48 Å². The quantitative estimate of drug-likeness (QED) is 0.464. The maximum absolute atomic E-state index is 15.7. The van der Waals surface area contributed by atoms with Gasteiger partial charge in [-0.15, -0.1) is 5.10 Å². The molecule has 3 aromatic heterocycles. The summed E-state index contributed by atoms with van der Waals surface area (Å²) in [6.07, 6.45) is 2.82. The van der Waals surface area contributed by atoms with Gasteiger partial charge in [0.25, 0.3) is 5.91 Å². The molecule has 0 atom stereocenters. The molecule has 0 saturated heterocycles. The highest BCUT2D eigenvalue weighted by atomic mass is 19.1. The summed E-state index contributed by atoms with van der Waals surface area (Å²) in [7, 11) is 3.19. The van der Waals surface area contributed by atoms with Crippen molar-refractivity contribution in [2.24, 2.45) is 14.1 Å². The molecule has 0 aliphatic carbocycles. The molecule has 32 heavy (non-hydrogen) atoms. The fourth-order valence-corrected chi connectivity index (χ4v) is 3.61. The first-order valence-corrected chi connectivity index (χ1v) is 9.57. The number of benzene rings is 2. The second-order valence-electron chi connectivity index (χ2n) is 7.24. The molecule has 0 spiro atoms. The van der Waals surface area contributed by atoms with Gasteiger partial charge >= 0.3 is 5.69 Å². The van der Waals surface area contributed by atoms with Crippen LogP contribution in [0.5, 0.6) is 0 Å². The second-order valence-corrected chi connectivity index (χ2v) is 7.24. The minimum Gasteiger partial charge on any atom is -0.382 e. The fraction of sp³-hybridized carbons (Fsp3) is 0.0952.